The quantitative estimate of drug-likeness (QED) is 0.131. The Labute approximate surface area is 325 Å². The van der Waals surface area contributed by atoms with Crippen molar-refractivity contribution in [1.82, 2.24) is 0 Å². The van der Waals surface area contributed by atoms with Crippen LogP contribution in [0.5, 0.6) is 0 Å². The summed E-state index contributed by atoms with van der Waals surface area (Å²) in [6.07, 6.45) is 0. The first-order valence-electron chi connectivity index (χ1n) is 16.4. The molecule has 0 aliphatic heterocycles. The van der Waals surface area contributed by atoms with Gasteiger partial charge in [0.1, 0.15) is 0 Å². The molecule has 0 spiro atoms. The van der Waals surface area contributed by atoms with E-state index in [9.17, 15) is 0 Å². The molecule has 4 heteroatoms. The molecular formula is C44H52Cl2SiZr. The fraction of sp³-hybridized carbons (Fsp3) is 0.318. The van der Waals surface area contributed by atoms with Gasteiger partial charge in [0.2, 0.25) is 0 Å². The van der Waals surface area contributed by atoms with E-state index in [2.05, 4.69) is 185 Å². The van der Waals surface area contributed by atoms with Crippen LogP contribution in [0, 0.1) is 6.92 Å². The average Bonchev–Trinajstić information content (AvgIpc) is 3.60. The van der Waals surface area contributed by atoms with Crippen LogP contribution in [-0.4, -0.2) is 9.52 Å². The molecule has 0 unspecified atom stereocenters. The van der Waals surface area contributed by atoms with Gasteiger partial charge in [0.05, 0.1) is 0 Å². The predicted octanol–water partition coefficient (Wildman–Crippen LogP) is 7.27. The first-order chi connectivity index (χ1) is 21.2. The maximum absolute atomic E-state index is 2.35. The molecule has 0 atom stereocenters. The number of hydrogen-bond donors (Lipinski definition) is 0. The summed E-state index contributed by atoms with van der Waals surface area (Å²) in [7, 11) is 1.08. The Morgan fingerprint density at radius 2 is 0.938 bits per heavy atom. The van der Waals surface area contributed by atoms with Crippen LogP contribution in [0.25, 0.3) is 43.8 Å². The van der Waals surface area contributed by atoms with Crippen molar-refractivity contribution >= 4 is 31.1 Å². The monoisotopic (exact) mass is 768 g/mol. The van der Waals surface area contributed by atoms with E-state index in [1.807, 2.05) is 0 Å². The summed E-state index contributed by atoms with van der Waals surface area (Å²) in [5.74, 6) is 0.573. The van der Waals surface area contributed by atoms with E-state index >= 15 is 0 Å². The van der Waals surface area contributed by atoms with Crippen molar-refractivity contribution in [3.63, 3.8) is 0 Å². The van der Waals surface area contributed by atoms with Gasteiger partial charge in [-0.25, -0.2) is 0 Å². The largest absolute Gasteiger partial charge is 4.00 e. The van der Waals surface area contributed by atoms with Crippen LogP contribution in [0.3, 0.4) is 0 Å². The third kappa shape index (κ3) is 10.9. The van der Waals surface area contributed by atoms with Crippen LogP contribution in [0.2, 0.25) is 13.1 Å². The van der Waals surface area contributed by atoms with E-state index < -0.39 is 0 Å². The molecule has 6 aromatic rings. The summed E-state index contributed by atoms with van der Waals surface area (Å²) in [5.41, 5.74) is 11.2. The summed E-state index contributed by atoms with van der Waals surface area (Å²) in [4.78, 5) is 0. The van der Waals surface area contributed by atoms with Crippen molar-refractivity contribution in [2.24, 2.45) is 0 Å². The molecule has 0 aliphatic rings. The van der Waals surface area contributed by atoms with Gasteiger partial charge in [-0.1, -0.05) is 147 Å². The zero-order chi connectivity index (χ0) is 32.9. The van der Waals surface area contributed by atoms with Gasteiger partial charge in [0.25, 0.3) is 0 Å². The minimum atomic E-state index is 0. The molecule has 0 fully saturated rings. The van der Waals surface area contributed by atoms with Gasteiger partial charge >= 0.3 is 26.2 Å². The predicted molar refractivity (Wildman–Crippen MR) is 204 cm³/mol. The number of aryl methyl sites for hydroxylation is 1. The normalized spacial score (nSPS) is 11.0. The molecule has 0 heterocycles. The second-order valence-electron chi connectivity index (χ2n) is 14.7. The average molecular weight is 771 g/mol. The summed E-state index contributed by atoms with van der Waals surface area (Å²) in [5, 5.41) is 5.41. The Morgan fingerprint density at radius 1 is 0.562 bits per heavy atom. The summed E-state index contributed by atoms with van der Waals surface area (Å²) in [6, 6.07) is 40.4. The third-order valence-electron chi connectivity index (χ3n) is 8.46. The van der Waals surface area contributed by atoms with Crippen molar-refractivity contribution in [3.8, 4) is 22.3 Å². The number of rotatable bonds is 3. The van der Waals surface area contributed by atoms with Gasteiger partial charge in [-0.15, -0.1) is 69.1 Å². The Balaban J connectivity index is 0.000000421. The van der Waals surface area contributed by atoms with Crippen LogP contribution >= 0.6 is 0 Å². The molecule has 48 heavy (non-hydrogen) atoms. The molecule has 0 bridgehead atoms. The smallest absolute Gasteiger partial charge is 1.00 e. The topological polar surface area (TPSA) is 0 Å². The summed E-state index contributed by atoms with van der Waals surface area (Å²) < 4.78 is 0. The number of fused-ring (bicyclic) bond motifs is 2. The maximum Gasteiger partial charge on any atom is 4.00 e. The minimum Gasteiger partial charge on any atom is -1.00 e. The van der Waals surface area contributed by atoms with Crippen molar-refractivity contribution in [3.05, 3.63) is 131 Å². The van der Waals surface area contributed by atoms with Crippen LogP contribution in [-0.2, 0) is 37.0 Å². The number of halogens is 2. The fourth-order valence-electron chi connectivity index (χ4n) is 5.78. The van der Waals surface area contributed by atoms with Gasteiger partial charge in [-0.3, -0.25) is 0 Å². The Kier molecular flexibility index (Phi) is 17.0. The molecule has 0 saturated heterocycles. The molecule has 0 saturated carbocycles. The maximum atomic E-state index is 2.35. The van der Waals surface area contributed by atoms with E-state index in [0.717, 1.165) is 9.52 Å². The molecule has 0 amide bonds. The van der Waals surface area contributed by atoms with Crippen molar-refractivity contribution in [2.45, 2.75) is 92.2 Å². The zero-order valence-corrected chi connectivity index (χ0v) is 35.7. The van der Waals surface area contributed by atoms with Crippen molar-refractivity contribution in [1.29, 1.82) is 0 Å². The first-order valence-corrected chi connectivity index (χ1v) is 18.4. The molecule has 6 aromatic carbocycles. The SMILES string of the molecule is CC(C)c1cc2c(-c3ccc(C(C)(C)C)cc3)cccc2[cH-]1.C[Si]C.Cc1cc2c(-c3ccc(C(C)(C)C)cc3)cccc2[cH-]1.[Cl-].[Cl-].[Zr+4]. The van der Waals surface area contributed by atoms with Crippen LogP contribution in [0.4, 0.5) is 0 Å². The van der Waals surface area contributed by atoms with Gasteiger partial charge < -0.3 is 24.8 Å². The zero-order valence-electron chi connectivity index (χ0n) is 30.7. The van der Waals surface area contributed by atoms with E-state index in [0.29, 0.717) is 5.92 Å². The van der Waals surface area contributed by atoms with E-state index in [4.69, 9.17) is 0 Å². The molecular weight excluding hydrogens is 719 g/mol. The minimum absolute atomic E-state index is 0. The van der Waals surface area contributed by atoms with E-state index in [1.165, 1.54) is 66.1 Å². The molecule has 0 aromatic heterocycles. The Hall–Kier alpha value is -2.22. The van der Waals surface area contributed by atoms with Gasteiger partial charge in [0.15, 0.2) is 0 Å². The van der Waals surface area contributed by atoms with Gasteiger partial charge in [-0.2, -0.15) is 12.1 Å². The molecule has 250 valence electrons. The molecule has 0 nitrogen and oxygen atoms in total. The summed E-state index contributed by atoms with van der Waals surface area (Å²) >= 11 is 0. The fourth-order valence-corrected chi connectivity index (χ4v) is 5.78. The van der Waals surface area contributed by atoms with Crippen LogP contribution < -0.4 is 24.8 Å². The molecule has 0 N–H and O–H groups in total. The standard InChI is InChI=1S/C22H25.C20H21.C2H6Si.2ClH.Zr/c1-15(2)18-13-17-7-6-8-20(21(17)14-18)16-9-11-19(12-10-16)22(3,4)5;1-14-12-16-6-5-7-18(19(16)13-14)15-8-10-17(11-9-15)20(2,3)4;1-3-2;;;/h6-15H,1-5H3;5-13H,1-4H3;1-2H3;2*1H;/q2*-1;;;;+4/p-2. The Morgan fingerprint density at radius 3 is 1.31 bits per heavy atom. The Bertz CT molecular complexity index is 1830. The second kappa shape index (κ2) is 18.7. The van der Waals surface area contributed by atoms with Crippen molar-refractivity contribution in [2.75, 3.05) is 0 Å². The van der Waals surface area contributed by atoms with Gasteiger partial charge in [0, 0.05) is 9.52 Å². The second-order valence-corrected chi connectivity index (χ2v) is 15.7. The number of hydrogen-bond acceptors (Lipinski definition) is 0. The van der Waals surface area contributed by atoms with E-state index in [1.54, 1.807) is 0 Å². The van der Waals surface area contributed by atoms with Crippen LogP contribution in [0.15, 0.2) is 109 Å². The van der Waals surface area contributed by atoms with E-state index in [-0.39, 0.29) is 61.8 Å². The summed E-state index contributed by atoms with van der Waals surface area (Å²) in [6.45, 7) is 24.5. The third-order valence-corrected chi connectivity index (χ3v) is 8.46. The molecule has 0 aliphatic carbocycles. The number of benzene rings is 4. The van der Waals surface area contributed by atoms with Crippen molar-refractivity contribution < 1.29 is 51.0 Å². The van der Waals surface area contributed by atoms with Gasteiger partial charge in [-0.05, 0) is 39.0 Å². The van der Waals surface area contributed by atoms with Crippen LogP contribution in [0.1, 0.15) is 83.6 Å². The molecule has 2 radical (unpaired) electrons. The first kappa shape index (κ1) is 43.8. The molecule has 6 rings (SSSR count).